The van der Waals surface area contributed by atoms with Gasteiger partial charge in [-0.05, 0) is 17.5 Å². The smallest absolute Gasteiger partial charge is 0.409 e. The first kappa shape index (κ1) is 14.1. The van der Waals surface area contributed by atoms with Crippen LogP contribution >= 0.6 is 0 Å². The molecule has 114 valence electrons. The fraction of sp³-hybridized carbons (Fsp3) is 0.286. The summed E-state index contributed by atoms with van der Waals surface area (Å²) in [4.78, 5) is 29.8. The molecule has 1 amide bonds. The van der Waals surface area contributed by atoms with E-state index in [1.807, 2.05) is 0 Å². The minimum Gasteiger partial charge on any atom is -0.453 e. The first-order valence-corrected chi connectivity index (χ1v) is 6.74. The second-order valence-corrected chi connectivity index (χ2v) is 4.94. The molecular weight excluding hydrogens is 286 g/mol. The number of anilines is 1. The number of nitrogens with two attached hydrogens (primary N) is 1. The molecule has 0 aliphatic carbocycles. The summed E-state index contributed by atoms with van der Waals surface area (Å²) in [5, 5.41) is 3.93. The molecule has 0 atom stereocenters. The molecule has 0 radical (unpaired) electrons. The van der Waals surface area contributed by atoms with Crippen molar-refractivity contribution < 1.29 is 14.3 Å². The van der Waals surface area contributed by atoms with Crippen molar-refractivity contribution in [1.29, 1.82) is 0 Å². The molecule has 2 N–H and O–H groups in total. The van der Waals surface area contributed by atoms with Crippen molar-refractivity contribution in [3.8, 4) is 0 Å². The predicted molar refractivity (Wildman–Crippen MR) is 77.1 cm³/mol. The monoisotopic (exact) mass is 301 g/mol. The molecule has 0 bridgehead atoms. The number of hydrogen-bond donors (Lipinski definition) is 1. The molecule has 8 heteroatoms. The van der Waals surface area contributed by atoms with Crippen LogP contribution < -0.4 is 5.73 Å². The third-order valence-electron chi connectivity index (χ3n) is 3.67. The SMILES string of the molecule is COC(=O)N1CCc2c(cncc2C(=O)n2nccc2N)C1. The number of fused-ring (bicyclic) bond motifs is 1. The third-order valence-corrected chi connectivity index (χ3v) is 3.67. The minimum atomic E-state index is -0.390. The van der Waals surface area contributed by atoms with Crippen molar-refractivity contribution in [2.75, 3.05) is 19.4 Å². The second-order valence-electron chi connectivity index (χ2n) is 4.94. The summed E-state index contributed by atoms with van der Waals surface area (Å²) in [7, 11) is 1.34. The summed E-state index contributed by atoms with van der Waals surface area (Å²) in [5.74, 6) is -0.0482. The summed E-state index contributed by atoms with van der Waals surface area (Å²) < 4.78 is 5.87. The molecule has 0 aromatic carbocycles. The van der Waals surface area contributed by atoms with Gasteiger partial charge < -0.3 is 15.4 Å². The maximum absolute atomic E-state index is 12.5. The molecule has 1 aliphatic heterocycles. The summed E-state index contributed by atoms with van der Waals surface area (Å²) in [5.41, 5.74) is 7.88. The van der Waals surface area contributed by atoms with E-state index in [-0.39, 0.29) is 11.7 Å². The van der Waals surface area contributed by atoms with Crippen LogP contribution in [0.5, 0.6) is 0 Å². The van der Waals surface area contributed by atoms with Gasteiger partial charge >= 0.3 is 6.09 Å². The molecule has 0 saturated carbocycles. The third kappa shape index (κ3) is 2.28. The average molecular weight is 301 g/mol. The van der Waals surface area contributed by atoms with Crippen LogP contribution in [-0.4, -0.2) is 45.3 Å². The first-order valence-electron chi connectivity index (χ1n) is 6.74. The van der Waals surface area contributed by atoms with E-state index in [1.165, 1.54) is 19.5 Å². The number of carbonyl (C=O) groups excluding carboxylic acids is 2. The van der Waals surface area contributed by atoms with Crippen molar-refractivity contribution in [2.24, 2.45) is 0 Å². The molecule has 2 aromatic heterocycles. The number of nitrogen functional groups attached to an aromatic ring is 1. The van der Waals surface area contributed by atoms with E-state index in [4.69, 9.17) is 10.5 Å². The second kappa shape index (κ2) is 5.47. The van der Waals surface area contributed by atoms with Gasteiger partial charge in [0.15, 0.2) is 0 Å². The van der Waals surface area contributed by atoms with E-state index >= 15 is 0 Å². The summed E-state index contributed by atoms with van der Waals surface area (Å²) in [6.07, 6.45) is 4.80. The molecule has 3 rings (SSSR count). The predicted octanol–water partition coefficient (Wildman–Crippen LogP) is 0.673. The van der Waals surface area contributed by atoms with E-state index in [2.05, 4.69) is 10.1 Å². The van der Waals surface area contributed by atoms with Gasteiger partial charge in [-0.15, -0.1) is 0 Å². The number of amides is 1. The Morgan fingerprint density at radius 1 is 1.36 bits per heavy atom. The van der Waals surface area contributed by atoms with Gasteiger partial charge in [0, 0.05) is 25.0 Å². The van der Waals surface area contributed by atoms with Crippen LogP contribution in [0, 0.1) is 0 Å². The fourth-order valence-electron chi connectivity index (χ4n) is 2.56. The molecule has 2 aromatic rings. The van der Waals surface area contributed by atoms with E-state index in [9.17, 15) is 9.59 Å². The number of pyridine rings is 1. The molecule has 0 unspecified atom stereocenters. The highest BCUT2D eigenvalue weighted by Crippen LogP contribution is 2.23. The van der Waals surface area contributed by atoms with Crippen LogP contribution in [0.25, 0.3) is 0 Å². The Labute approximate surface area is 126 Å². The van der Waals surface area contributed by atoms with Crippen LogP contribution in [0.15, 0.2) is 24.7 Å². The van der Waals surface area contributed by atoms with E-state index in [0.717, 1.165) is 15.8 Å². The van der Waals surface area contributed by atoms with Gasteiger partial charge in [-0.25, -0.2) is 4.79 Å². The summed E-state index contributed by atoms with van der Waals surface area (Å²) in [6, 6.07) is 1.56. The maximum atomic E-state index is 12.5. The summed E-state index contributed by atoms with van der Waals surface area (Å²) >= 11 is 0. The van der Waals surface area contributed by atoms with E-state index in [0.29, 0.717) is 25.1 Å². The lowest BCUT2D eigenvalue weighted by atomic mass is 9.97. The standard InChI is InChI=1S/C14H15N5O3/c1-22-14(21)18-5-3-10-9(8-18)6-16-7-11(10)13(20)19-12(15)2-4-17-19/h2,4,6-7H,3,5,8,15H2,1H3. The van der Waals surface area contributed by atoms with Gasteiger partial charge in [-0.1, -0.05) is 0 Å². The highest BCUT2D eigenvalue weighted by atomic mass is 16.5. The van der Waals surface area contributed by atoms with Crippen LogP contribution in [0.1, 0.15) is 21.5 Å². The molecule has 8 nitrogen and oxygen atoms in total. The van der Waals surface area contributed by atoms with Crippen LogP contribution in [-0.2, 0) is 17.7 Å². The largest absolute Gasteiger partial charge is 0.453 e. The molecule has 22 heavy (non-hydrogen) atoms. The first-order chi connectivity index (χ1) is 10.6. The number of carbonyl (C=O) groups is 2. The zero-order valence-electron chi connectivity index (χ0n) is 12.0. The Hall–Kier alpha value is -2.90. The maximum Gasteiger partial charge on any atom is 0.409 e. The van der Waals surface area contributed by atoms with Gasteiger partial charge in [0.2, 0.25) is 0 Å². The number of rotatable bonds is 1. The Balaban J connectivity index is 1.95. The molecular formula is C14H15N5O3. The zero-order chi connectivity index (χ0) is 15.7. The molecule has 0 saturated heterocycles. The van der Waals surface area contributed by atoms with E-state index in [1.54, 1.807) is 17.2 Å². The Bertz CT molecular complexity index is 740. The van der Waals surface area contributed by atoms with Crippen molar-refractivity contribution >= 4 is 17.8 Å². The Morgan fingerprint density at radius 3 is 2.86 bits per heavy atom. The lowest BCUT2D eigenvalue weighted by molar-refractivity contribution is 0.0945. The molecule has 0 spiro atoms. The zero-order valence-corrected chi connectivity index (χ0v) is 12.0. The number of methoxy groups -OCH3 is 1. The fourth-order valence-corrected chi connectivity index (χ4v) is 2.56. The quantitative estimate of drug-likeness (QED) is 0.830. The van der Waals surface area contributed by atoms with Crippen molar-refractivity contribution in [3.05, 3.63) is 41.3 Å². The van der Waals surface area contributed by atoms with Crippen LogP contribution in [0.4, 0.5) is 10.6 Å². The normalized spacial score (nSPS) is 13.6. The van der Waals surface area contributed by atoms with Gasteiger partial charge in [-0.2, -0.15) is 9.78 Å². The number of ether oxygens (including phenoxy) is 1. The summed E-state index contributed by atoms with van der Waals surface area (Å²) in [6.45, 7) is 0.850. The highest BCUT2D eigenvalue weighted by Gasteiger charge is 2.26. The lowest BCUT2D eigenvalue weighted by Crippen LogP contribution is -2.36. The number of hydrogen-bond acceptors (Lipinski definition) is 6. The Morgan fingerprint density at radius 2 is 2.18 bits per heavy atom. The highest BCUT2D eigenvalue weighted by molar-refractivity contribution is 5.98. The van der Waals surface area contributed by atoms with Gasteiger partial charge in [-0.3, -0.25) is 9.78 Å². The number of aromatic nitrogens is 3. The van der Waals surface area contributed by atoms with Crippen LogP contribution in [0.3, 0.4) is 0 Å². The van der Waals surface area contributed by atoms with E-state index < -0.39 is 6.09 Å². The molecule has 1 aliphatic rings. The van der Waals surface area contributed by atoms with Crippen molar-refractivity contribution in [3.63, 3.8) is 0 Å². The van der Waals surface area contributed by atoms with Gasteiger partial charge in [0.05, 0.1) is 25.4 Å². The topological polar surface area (TPSA) is 103 Å². The van der Waals surface area contributed by atoms with Crippen molar-refractivity contribution in [2.45, 2.75) is 13.0 Å². The number of nitrogens with zero attached hydrogens (tertiary/aromatic N) is 4. The molecule has 0 fully saturated rings. The van der Waals surface area contributed by atoms with Crippen LogP contribution in [0.2, 0.25) is 0 Å². The Kier molecular flexibility index (Phi) is 3.50. The van der Waals surface area contributed by atoms with Crippen molar-refractivity contribution in [1.82, 2.24) is 19.7 Å². The average Bonchev–Trinajstić information content (AvgIpc) is 2.98. The minimum absolute atomic E-state index is 0.273. The molecule has 3 heterocycles. The van der Waals surface area contributed by atoms with Gasteiger partial charge in [0.1, 0.15) is 5.82 Å². The lowest BCUT2D eigenvalue weighted by Gasteiger charge is -2.28. The van der Waals surface area contributed by atoms with Gasteiger partial charge in [0.25, 0.3) is 5.91 Å².